The van der Waals surface area contributed by atoms with Gasteiger partial charge in [-0.15, -0.1) is 11.3 Å². The van der Waals surface area contributed by atoms with Crippen molar-refractivity contribution in [3.63, 3.8) is 0 Å². The fraction of sp³-hybridized carbons (Fsp3) is 0.300. The van der Waals surface area contributed by atoms with E-state index < -0.39 is 24.0 Å². The first-order valence-electron chi connectivity index (χ1n) is 8.75. The van der Waals surface area contributed by atoms with Crippen LogP contribution in [0.1, 0.15) is 39.8 Å². The van der Waals surface area contributed by atoms with E-state index in [1.807, 2.05) is 5.38 Å². The summed E-state index contributed by atoms with van der Waals surface area (Å²) in [4.78, 5) is 36.7. The molecule has 1 aromatic carbocycles. The number of hydrogen-bond acceptors (Lipinski definition) is 6. The molecule has 0 radical (unpaired) electrons. The van der Waals surface area contributed by atoms with Crippen molar-refractivity contribution in [3.05, 3.63) is 52.2 Å². The monoisotopic (exact) mass is 397 g/mol. The molecule has 1 aliphatic carbocycles. The van der Waals surface area contributed by atoms with Crippen LogP contribution >= 0.6 is 11.3 Å². The number of nitrogens with one attached hydrogen (secondary N) is 2. The van der Waals surface area contributed by atoms with Crippen LogP contribution in [0.25, 0.3) is 0 Å². The van der Waals surface area contributed by atoms with Crippen LogP contribution in [0.15, 0.2) is 41.8 Å². The van der Waals surface area contributed by atoms with Crippen molar-refractivity contribution < 1.29 is 19.1 Å². The molecular weight excluding hydrogens is 378 g/mol. The lowest BCUT2D eigenvalue weighted by atomic mass is 9.98. The van der Waals surface area contributed by atoms with Crippen molar-refractivity contribution in [2.45, 2.75) is 25.3 Å². The lowest BCUT2D eigenvalue weighted by Crippen LogP contribution is -2.48. The molecule has 0 unspecified atom stereocenters. The average Bonchev–Trinajstić information content (AvgIpc) is 3.41. The number of carbonyl (C=O) groups excluding carboxylic acids is 3. The standard InChI is InChI=1S/C20H19N3O4S/c1-20(12-21,14-6-7-14)23-17(24)11-27-19(26)13-4-8-15(9-5-13)22-18(25)16-3-2-10-28-16/h2-5,8-10,14H,6-7,11H2,1H3,(H,22,25)(H,23,24)/t20-/m0/s1. The van der Waals surface area contributed by atoms with Gasteiger partial charge in [0, 0.05) is 5.69 Å². The fourth-order valence-electron chi connectivity index (χ4n) is 2.71. The van der Waals surface area contributed by atoms with Crippen molar-refractivity contribution >= 4 is 34.8 Å². The molecular formula is C20H19N3O4S. The molecule has 144 valence electrons. The van der Waals surface area contributed by atoms with Gasteiger partial charge < -0.3 is 15.4 Å². The van der Waals surface area contributed by atoms with Gasteiger partial charge in [-0.25, -0.2) is 4.79 Å². The van der Waals surface area contributed by atoms with Gasteiger partial charge in [0.25, 0.3) is 11.8 Å². The van der Waals surface area contributed by atoms with Gasteiger partial charge in [-0.05, 0) is 61.4 Å². The number of anilines is 1. The minimum Gasteiger partial charge on any atom is -0.452 e. The Morgan fingerprint density at radius 2 is 1.96 bits per heavy atom. The van der Waals surface area contributed by atoms with E-state index in [-0.39, 0.29) is 17.4 Å². The Morgan fingerprint density at radius 3 is 2.54 bits per heavy atom. The van der Waals surface area contributed by atoms with Gasteiger partial charge in [0.15, 0.2) is 6.61 Å². The number of rotatable bonds is 7. The second-order valence-corrected chi connectivity index (χ2v) is 7.67. The maximum Gasteiger partial charge on any atom is 0.338 e. The van der Waals surface area contributed by atoms with Crippen molar-refractivity contribution in [2.75, 3.05) is 11.9 Å². The van der Waals surface area contributed by atoms with E-state index >= 15 is 0 Å². The summed E-state index contributed by atoms with van der Waals surface area (Å²) in [5.41, 5.74) is -0.125. The van der Waals surface area contributed by atoms with Crippen LogP contribution in [0.2, 0.25) is 0 Å². The number of esters is 1. The van der Waals surface area contributed by atoms with Gasteiger partial charge >= 0.3 is 5.97 Å². The summed E-state index contributed by atoms with van der Waals surface area (Å²) in [6.07, 6.45) is 1.80. The minimum atomic E-state index is -0.925. The second kappa shape index (κ2) is 8.23. The van der Waals surface area contributed by atoms with Crippen LogP contribution in [-0.2, 0) is 9.53 Å². The molecule has 0 aliphatic heterocycles. The summed E-state index contributed by atoms with van der Waals surface area (Å²) in [5, 5.41) is 16.4. The molecule has 8 heteroatoms. The molecule has 2 N–H and O–H groups in total. The van der Waals surface area contributed by atoms with Gasteiger partial charge in [0.2, 0.25) is 0 Å². The number of thiophene rings is 1. The molecule has 2 amide bonds. The molecule has 2 aromatic rings. The molecule has 0 spiro atoms. The number of benzene rings is 1. The highest BCUT2D eigenvalue weighted by Gasteiger charge is 2.43. The Kier molecular flexibility index (Phi) is 5.76. The first-order chi connectivity index (χ1) is 13.4. The van der Waals surface area contributed by atoms with Gasteiger partial charge in [0.05, 0.1) is 16.5 Å². The summed E-state index contributed by atoms with van der Waals surface area (Å²) in [7, 11) is 0. The predicted molar refractivity (Wildman–Crippen MR) is 104 cm³/mol. The van der Waals surface area contributed by atoms with E-state index in [1.165, 1.54) is 23.5 Å². The smallest absolute Gasteiger partial charge is 0.338 e. The fourth-order valence-corrected chi connectivity index (χ4v) is 3.33. The zero-order valence-corrected chi connectivity index (χ0v) is 16.0. The molecule has 0 bridgehead atoms. The molecule has 3 rings (SSSR count). The highest BCUT2D eigenvalue weighted by atomic mass is 32.1. The highest BCUT2D eigenvalue weighted by Crippen LogP contribution is 2.39. The predicted octanol–water partition coefficient (Wildman–Crippen LogP) is 2.97. The third-order valence-corrected chi connectivity index (χ3v) is 5.35. The van der Waals surface area contributed by atoms with E-state index in [0.717, 1.165) is 12.8 Å². The summed E-state index contributed by atoms with van der Waals surface area (Å²) >= 11 is 1.33. The Morgan fingerprint density at radius 1 is 1.25 bits per heavy atom. The van der Waals surface area contributed by atoms with Gasteiger partial charge in [0.1, 0.15) is 5.54 Å². The molecule has 0 saturated heterocycles. The number of carbonyl (C=O) groups is 3. The topological polar surface area (TPSA) is 108 Å². The van der Waals surface area contributed by atoms with Gasteiger partial charge in [-0.3, -0.25) is 9.59 Å². The third kappa shape index (κ3) is 4.75. The van der Waals surface area contributed by atoms with E-state index in [2.05, 4.69) is 16.7 Å². The van der Waals surface area contributed by atoms with E-state index in [0.29, 0.717) is 10.6 Å². The summed E-state index contributed by atoms with van der Waals surface area (Å²) in [5.74, 6) is -1.24. The van der Waals surface area contributed by atoms with Crippen molar-refractivity contribution in [1.82, 2.24) is 5.32 Å². The molecule has 1 fully saturated rings. The Balaban J connectivity index is 1.50. The van der Waals surface area contributed by atoms with Crippen LogP contribution in [0.4, 0.5) is 5.69 Å². The summed E-state index contributed by atoms with van der Waals surface area (Å²) in [6.45, 7) is 1.22. The second-order valence-electron chi connectivity index (χ2n) is 6.72. The van der Waals surface area contributed by atoms with Gasteiger partial charge in [-0.1, -0.05) is 6.07 Å². The number of ether oxygens (including phenoxy) is 1. The zero-order chi connectivity index (χ0) is 20.1. The third-order valence-electron chi connectivity index (χ3n) is 4.48. The number of amides is 2. The highest BCUT2D eigenvalue weighted by molar-refractivity contribution is 7.12. The molecule has 1 aliphatic rings. The molecule has 1 heterocycles. The maximum atomic E-state index is 12.1. The van der Waals surface area contributed by atoms with E-state index in [1.54, 1.807) is 31.2 Å². The normalized spacial score (nSPS) is 15.0. The van der Waals surface area contributed by atoms with Crippen molar-refractivity contribution in [2.24, 2.45) is 5.92 Å². The van der Waals surface area contributed by atoms with Crippen molar-refractivity contribution in [1.29, 1.82) is 5.26 Å². The SMILES string of the molecule is C[C@@](C#N)(NC(=O)COC(=O)c1ccc(NC(=O)c2cccs2)cc1)C1CC1. The van der Waals surface area contributed by atoms with Crippen LogP contribution in [0, 0.1) is 17.2 Å². The van der Waals surface area contributed by atoms with E-state index in [9.17, 15) is 19.6 Å². The molecule has 1 atom stereocenters. The van der Waals surface area contributed by atoms with Crippen LogP contribution in [0.3, 0.4) is 0 Å². The quantitative estimate of drug-likeness (QED) is 0.698. The van der Waals surface area contributed by atoms with Crippen LogP contribution in [-0.4, -0.2) is 29.9 Å². The maximum absolute atomic E-state index is 12.1. The largest absolute Gasteiger partial charge is 0.452 e. The average molecular weight is 397 g/mol. The number of nitrogens with zero attached hydrogens (tertiary/aromatic N) is 1. The van der Waals surface area contributed by atoms with E-state index in [4.69, 9.17) is 4.74 Å². The lowest BCUT2D eigenvalue weighted by Gasteiger charge is -2.22. The van der Waals surface area contributed by atoms with Gasteiger partial charge in [-0.2, -0.15) is 5.26 Å². The summed E-state index contributed by atoms with van der Waals surface area (Å²) < 4.78 is 5.01. The molecule has 28 heavy (non-hydrogen) atoms. The Labute approximate surface area is 166 Å². The first-order valence-corrected chi connectivity index (χ1v) is 9.63. The number of hydrogen-bond donors (Lipinski definition) is 2. The molecule has 7 nitrogen and oxygen atoms in total. The van der Waals surface area contributed by atoms with Crippen LogP contribution in [0.5, 0.6) is 0 Å². The zero-order valence-electron chi connectivity index (χ0n) is 15.2. The van der Waals surface area contributed by atoms with Crippen molar-refractivity contribution in [3.8, 4) is 6.07 Å². The Hall–Kier alpha value is -3.18. The minimum absolute atomic E-state index is 0.147. The van der Waals surface area contributed by atoms with Crippen LogP contribution < -0.4 is 10.6 Å². The molecule has 1 aromatic heterocycles. The summed E-state index contributed by atoms with van der Waals surface area (Å²) in [6, 6.07) is 11.8. The number of nitriles is 1. The first kappa shape index (κ1) is 19.6. The Bertz CT molecular complexity index is 914. The lowest BCUT2D eigenvalue weighted by molar-refractivity contribution is -0.125. The molecule has 1 saturated carbocycles.